The molecule has 0 bridgehead atoms. The number of hydrogen-bond acceptors (Lipinski definition) is 8. The molecule has 0 unspecified atom stereocenters. The highest BCUT2D eigenvalue weighted by Gasteiger charge is 2.24. The van der Waals surface area contributed by atoms with Gasteiger partial charge in [0.2, 0.25) is 0 Å². The quantitative estimate of drug-likeness (QED) is 0.404. The van der Waals surface area contributed by atoms with Crippen LogP contribution in [0, 0.1) is 5.82 Å². The summed E-state index contributed by atoms with van der Waals surface area (Å²) >= 11 is 0. The molecule has 10 nitrogen and oxygen atoms in total. The molecule has 3 heterocycles. The van der Waals surface area contributed by atoms with Gasteiger partial charge in [-0.3, -0.25) is 5.32 Å². The van der Waals surface area contributed by atoms with Crippen LogP contribution in [0.3, 0.4) is 0 Å². The molecule has 0 saturated heterocycles. The summed E-state index contributed by atoms with van der Waals surface area (Å²) in [5, 5.41) is 6.86. The minimum Gasteiger partial charge on any atom is -0.446 e. The molecular weight excluding hydrogens is 439 g/mol. The van der Waals surface area contributed by atoms with Crippen LogP contribution >= 0.6 is 0 Å². The lowest BCUT2D eigenvalue weighted by molar-refractivity contribution is 0.0624. The lowest BCUT2D eigenvalue weighted by Crippen LogP contribution is -2.28. The molecule has 3 aromatic heterocycles. The summed E-state index contributed by atoms with van der Waals surface area (Å²) < 4.78 is 21.1. The first kappa shape index (κ1) is 22.9. The third kappa shape index (κ3) is 4.32. The highest BCUT2D eigenvalue weighted by Crippen LogP contribution is 2.30. The van der Waals surface area contributed by atoms with Gasteiger partial charge in [-0.2, -0.15) is 5.10 Å². The molecule has 34 heavy (non-hydrogen) atoms. The number of rotatable bonds is 5. The van der Waals surface area contributed by atoms with E-state index in [-0.39, 0.29) is 48.9 Å². The predicted molar refractivity (Wildman–Crippen MR) is 127 cm³/mol. The largest absolute Gasteiger partial charge is 0.446 e. The van der Waals surface area contributed by atoms with Gasteiger partial charge in [0.25, 0.3) is 0 Å². The number of halogens is 1. The first-order chi connectivity index (χ1) is 16.0. The van der Waals surface area contributed by atoms with E-state index in [2.05, 4.69) is 25.4 Å². The standard InChI is InChI=1S/C22H21FN8O2.CH4/c23-14-8-2-1-5-12(14)11-16-27-17(15-9-4-10-26-31(15)16)21-29-19(24)18(20(25)30-21)28-22(32)33-13-6-3-7-13;/h1-2,4-5,8-10,13H,3,6-7,11H2,(H,28,32)(H4,24,25,29,30);1H4. The fourth-order valence-electron chi connectivity index (χ4n) is 3.58. The van der Waals surface area contributed by atoms with Gasteiger partial charge in [-0.15, -0.1) is 0 Å². The summed E-state index contributed by atoms with van der Waals surface area (Å²) in [6, 6.07) is 10.0. The van der Waals surface area contributed by atoms with E-state index in [1.54, 1.807) is 41.0 Å². The Balaban J connectivity index is 0.00000274. The van der Waals surface area contributed by atoms with Crippen molar-refractivity contribution in [2.24, 2.45) is 0 Å². The number of benzene rings is 1. The second kappa shape index (κ2) is 9.30. The molecule has 11 heteroatoms. The maximum absolute atomic E-state index is 14.2. The van der Waals surface area contributed by atoms with Crippen LogP contribution in [0.15, 0.2) is 42.6 Å². The maximum Gasteiger partial charge on any atom is 0.412 e. The zero-order chi connectivity index (χ0) is 22.9. The van der Waals surface area contributed by atoms with Gasteiger partial charge in [0.1, 0.15) is 29.1 Å². The number of nitrogens with zero attached hydrogens (tertiary/aromatic N) is 5. The molecule has 1 aliphatic carbocycles. The third-order valence-electron chi connectivity index (χ3n) is 5.51. The number of aromatic nitrogens is 5. The molecule has 5 N–H and O–H groups in total. The molecule has 1 amide bonds. The number of imidazole rings is 1. The molecule has 5 rings (SSSR count). The number of nitrogens with one attached hydrogen (secondary N) is 1. The van der Waals surface area contributed by atoms with E-state index in [1.165, 1.54) is 6.07 Å². The van der Waals surface area contributed by atoms with Gasteiger partial charge in [0.05, 0.1) is 5.52 Å². The van der Waals surface area contributed by atoms with Crippen LogP contribution in [0.2, 0.25) is 0 Å². The molecule has 1 fully saturated rings. The number of anilines is 3. The normalized spacial score (nSPS) is 13.2. The molecule has 1 saturated carbocycles. The van der Waals surface area contributed by atoms with E-state index >= 15 is 0 Å². The number of nitrogens with two attached hydrogens (primary N) is 2. The molecule has 0 radical (unpaired) electrons. The van der Waals surface area contributed by atoms with Gasteiger partial charge in [-0.1, -0.05) is 25.6 Å². The number of ether oxygens (including phenoxy) is 1. The number of carbonyl (C=O) groups excluding carboxylic acids is 1. The van der Waals surface area contributed by atoms with Gasteiger partial charge in [-0.05, 0) is 43.0 Å². The van der Waals surface area contributed by atoms with Crippen LogP contribution in [0.1, 0.15) is 38.1 Å². The van der Waals surface area contributed by atoms with Gasteiger partial charge in [-0.25, -0.2) is 28.7 Å². The topological polar surface area (TPSA) is 146 Å². The van der Waals surface area contributed by atoms with Crippen molar-refractivity contribution in [1.82, 2.24) is 24.6 Å². The van der Waals surface area contributed by atoms with Gasteiger partial charge in [0.15, 0.2) is 17.5 Å². The van der Waals surface area contributed by atoms with Crippen molar-refractivity contribution < 1.29 is 13.9 Å². The molecule has 0 aliphatic heterocycles. The molecular formula is C23H25FN8O2. The van der Waals surface area contributed by atoms with Crippen molar-refractivity contribution in [1.29, 1.82) is 0 Å². The average molecular weight is 465 g/mol. The summed E-state index contributed by atoms with van der Waals surface area (Å²) in [6.45, 7) is 0. The Morgan fingerprint density at radius 3 is 2.53 bits per heavy atom. The summed E-state index contributed by atoms with van der Waals surface area (Å²) in [5.41, 5.74) is 13.7. The molecule has 1 aliphatic rings. The number of nitrogen functional groups attached to an aromatic ring is 2. The second-order valence-corrected chi connectivity index (χ2v) is 7.74. The highest BCUT2D eigenvalue weighted by atomic mass is 19.1. The minimum absolute atomic E-state index is 0. The van der Waals surface area contributed by atoms with Crippen LogP contribution in [0.5, 0.6) is 0 Å². The van der Waals surface area contributed by atoms with Crippen LogP contribution in [-0.2, 0) is 11.2 Å². The SMILES string of the molecule is C.Nc1nc(-c2nc(Cc3ccccc3F)n3ncccc23)nc(N)c1NC(=O)OC1CCC1. The van der Waals surface area contributed by atoms with E-state index in [1.807, 2.05) is 0 Å². The number of amides is 1. The van der Waals surface area contributed by atoms with Gasteiger partial charge < -0.3 is 16.2 Å². The van der Waals surface area contributed by atoms with Crippen molar-refractivity contribution >= 4 is 28.9 Å². The monoisotopic (exact) mass is 464 g/mol. The lowest BCUT2D eigenvalue weighted by atomic mass is 9.96. The van der Waals surface area contributed by atoms with E-state index in [4.69, 9.17) is 16.2 Å². The van der Waals surface area contributed by atoms with Gasteiger partial charge in [0, 0.05) is 12.6 Å². The Labute approximate surface area is 195 Å². The predicted octanol–water partition coefficient (Wildman–Crippen LogP) is 3.82. The molecule has 176 valence electrons. The molecule has 0 spiro atoms. The number of hydrogen-bond donors (Lipinski definition) is 3. The number of fused-ring (bicyclic) bond motifs is 1. The average Bonchev–Trinajstić information content (AvgIpc) is 3.13. The van der Waals surface area contributed by atoms with Crippen LogP contribution in [0.25, 0.3) is 17.0 Å². The first-order valence-corrected chi connectivity index (χ1v) is 10.5. The second-order valence-electron chi connectivity index (χ2n) is 7.74. The van der Waals surface area contributed by atoms with Crippen molar-refractivity contribution in [3.05, 3.63) is 59.8 Å². The van der Waals surface area contributed by atoms with Crippen molar-refractivity contribution in [2.45, 2.75) is 39.2 Å². The molecule has 0 atom stereocenters. The Morgan fingerprint density at radius 2 is 1.85 bits per heavy atom. The molecule has 4 aromatic rings. The first-order valence-electron chi connectivity index (χ1n) is 10.5. The Morgan fingerprint density at radius 1 is 1.12 bits per heavy atom. The van der Waals surface area contributed by atoms with E-state index < -0.39 is 6.09 Å². The van der Waals surface area contributed by atoms with Crippen molar-refractivity contribution in [3.8, 4) is 11.5 Å². The van der Waals surface area contributed by atoms with Crippen LogP contribution in [0.4, 0.5) is 26.5 Å². The fraction of sp³-hybridized carbons (Fsp3) is 0.261. The maximum atomic E-state index is 14.2. The summed E-state index contributed by atoms with van der Waals surface area (Å²) in [6.07, 6.45) is 3.78. The molecule has 1 aromatic carbocycles. The van der Waals surface area contributed by atoms with Gasteiger partial charge >= 0.3 is 6.09 Å². The Kier molecular flexibility index (Phi) is 6.26. The summed E-state index contributed by atoms with van der Waals surface area (Å²) in [4.78, 5) is 25.3. The van der Waals surface area contributed by atoms with Crippen molar-refractivity contribution in [2.75, 3.05) is 16.8 Å². The van der Waals surface area contributed by atoms with E-state index in [9.17, 15) is 9.18 Å². The highest BCUT2D eigenvalue weighted by molar-refractivity contribution is 5.93. The number of carbonyl (C=O) groups is 1. The zero-order valence-electron chi connectivity index (χ0n) is 17.5. The Hall–Kier alpha value is -4.28. The fourth-order valence-corrected chi connectivity index (χ4v) is 3.58. The minimum atomic E-state index is -0.654. The third-order valence-corrected chi connectivity index (χ3v) is 5.51. The summed E-state index contributed by atoms with van der Waals surface area (Å²) in [7, 11) is 0. The summed E-state index contributed by atoms with van der Waals surface area (Å²) in [5.74, 6) is 0.277. The van der Waals surface area contributed by atoms with E-state index in [0.717, 1.165) is 19.3 Å². The zero-order valence-corrected chi connectivity index (χ0v) is 17.5. The van der Waals surface area contributed by atoms with Crippen molar-refractivity contribution in [3.63, 3.8) is 0 Å². The smallest absolute Gasteiger partial charge is 0.412 e. The van der Waals surface area contributed by atoms with Crippen LogP contribution in [-0.4, -0.2) is 36.8 Å². The van der Waals surface area contributed by atoms with Crippen LogP contribution < -0.4 is 16.8 Å². The van der Waals surface area contributed by atoms with E-state index in [0.29, 0.717) is 22.6 Å². The Bertz CT molecular complexity index is 1330. The lowest BCUT2D eigenvalue weighted by Gasteiger charge is -2.25.